The number of carboxylic acid groups (broad SMARTS) is 1. The van der Waals surface area contributed by atoms with Crippen LogP contribution in [-0.4, -0.2) is 29.1 Å². The van der Waals surface area contributed by atoms with Gasteiger partial charge in [-0.3, -0.25) is 9.69 Å². The average molecular weight is 542 g/mol. The Morgan fingerprint density at radius 1 is 1.21 bits per heavy atom. The van der Waals surface area contributed by atoms with Crippen molar-refractivity contribution in [1.29, 1.82) is 0 Å². The van der Waals surface area contributed by atoms with Crippen LogP contribution in [0.25, 0.3) is 0 Å². The van der Waals surface area contributed by atoms with Crippen LogP contribution in [0.3, 0.4) is 0 Å². The maximum absolute atomic E-state index is 14.1. The van der Waals surface area contributed by atoms with Crippen molar-refractivity contribution in [1.82, 2.24) is 4.90 Å². The molecular weight excluding hydrogens is 515 g/mol. The first-order valence-electron chi connectivity index (χ1n) is 12.9. The summed E-state index contributed by atoms with van der Waals surface area (Å²) in [5.41, 5.74) is 3.14. The lowest BCUT2D eigenvalue weighted by molar-refractivity contribution is -0.139. The summed E-state index contributed by atoms with van der Waals surface area (Å²) in [6.45, 7) is 2.03. The van der Waals surface area contributed by atoms with Crippen molar-refractivity contribution in [2.45, 2.75) is 56.5 Å². The number of aliphatic carboxylic acids is 1. The standard InChI is InChI=1S/C29H26F3NO4S/c30-29(31,32)21-5-2-19-18(20(21)13-33-9-7-16-8-10-38-26(16)14-33)3-6-24(19)37-17-1-4-22-25(11-17)36-15-28(22)12-23(28)27(34)35/h1-2,4-5,8,10-11,23-24H,3,6-7,9,12-15H2,(H,34,35)/t23-,24-,28?/m1/s1. The Balaban J connectivity index is 1.15. The van der Waals surface area contributed by atoms with E-state index in [1.807, 2.05) is 12.1 Å². The number of rotatable bonds is 5. The number of benzene rings is 2. The molecule has 2 aliphatic carbocycles. The second kappa shape index (κ2) is 8.48. The summed E-state index contributed by atoms with van der Waals surface area (Å²) in [6, 6.07) is 10.4. The van der Waals surface area contributed by atoms with E-state index < -0.39 is 29.0 Å². The van der Waals surface area contributed by atoms with E-state index in [0.29, 0.717) is 49.5 Å². The minimum absolute atomic E-state index is 0.265. The van der Waals surface area contributed by atoms with Crippen LogP contribution >= 0.6 is 11.3 Å². The van der Waals surface area contributed by atoms with E-state index in [9.17, 15) is 23.1 Å². The zero-order valence-corrected chi connectivity index (χ0v) is 21.3. The van der Waals surface area contributed by atoms with Crippen LogP contribution in [0.15, 0.2) is 41.8 Å². The molecule has 1 unspecified atom stereocenters. The molecule has 3 heterocycles. The Bertz CT molecular complexity index is 1450. The van der Waals surface area contributed by atoms with Crippen LogP contribution < -0.4 is 9.47 Å². The fraction of sp³-hybridized carbons (Fsp3) is 0.414. The number of halogens is 3. The number of hydrogen-bond acceptors (Lipinski definition) is 5. The van der Waals surface area contributed by atoms with E-state index in [4.69, 9.17) is 9.47 Å². The summed E-state index contributed by atoms with van der Waals surface area (Å²) in [5.74, 6) is -0.0203. The summed E-state index contributed by atoms with van der Waals surface area (Å²) in [7, 11) is 0. The van der Waals surface area contributed by atoms with Gasteiger partial charge in [0, 0.05) is 41.6 Å². The lowest BCUT2D eigenvalue weighted by Crippen LogP contribution is -2.30. The largest absolute Gasteiger partial charge is 0.492 e. The Labute approximate surface area is 221 Å². The molecule has 0 saturated heterocycles. The fourth-order valence-corrected chi connectivity index (χ4v) is 7.57. The molecule has 4 aliphatic rings. The van der Waals surface area contributed by atoms with Crippen molar-refractivity contribution in [3.63, 3.8) is 0 Å². The number of alkyl halides is 3. The van der Waals surface area contributed by atoms with Crippen molar-refractivity contribution >= 4 is 17.3 Å². The van der Waals surface area contributed by atoms with Gasteiger partial charge in [-0.25, -0.2) is 0 Å². The Kier molecular flexibility index (Phi) is 5.36. The number of nitrogens with zero attached hydrogens (tertiary/aromatic N) is 1. The van der Waals surface area contributed by atoms with Gasteiger partial charge < -0.3 is 14.6 Å². The predicted molar refractivity (Wildman–Crippen MR) is 135 cm³/mol. The molecule has 1 saturated carbocycles. The van der Waals surface area contributed by atoms with Crippen LogP contribution in [0.4, 0.5) is 13.2 Å². The zero-order valence-electron chi connectivity index (χ0n) is 20.5. The lowest BCUT2D eigenvalue weighted by Gasteiger charge is -2.29. The molecule has 9 heteroatoms. The monoisotopic (exact) mass is 541 g/mol. The van der Waals surface area contributed by atoms with E-state index in [2.05, 4.69) is 16.3 Å². The molecule has 2 aliphatic heterocycles. The molecule has 7 rings (SSSR count). The van der Waals surface area contributed by atoms with Crippen molar-refractivity contribution < 1.29 is 32.5 Å². The second-order valence-electron chi connectivity index (χ2n) is 10.8. The smallest absolute Gasteiger partial charge is 0.416 e. The summed E-state index contributed by atoms with van der Waals surface area (Å²) >= 11 is 1.67. The number of hydrogen-bond donors (Lipinski definition) is 1. The minimum atomic E-state index is -4.42. The first kappa shape index (κ1) is 24.0. The normalized spacial score (nSPS) is 25.6. The predicted octanol–water partition coefficient (Wildman–Crippen LogP) is 6.13. The maximum Gasteiger partial charge on any atom is 0.416 e. The van der Waals surface area contributed by atoms with E-state index in [-0.39, 0.29) is 12.6 Å². The highest BCUT2D eigenvalue weighted by molar-refractivity contribution is 7.10. The van der Waals surface area contributed by atoms with Crippen LogP contribution in [0.5, 0.6) is 11.5 Å². The summed E-state index contributed by atoms with van der Waals surface area (Å²) in [6.07, 6.45) is -2.21. The highest BCUT2D eigenvalue weighted by Gasteiger charge is 2.63. The minimum Gasteiger partial charge on any atom is -0.492 e. The molecule has 3 atom stereocenters. The van der Waals surface area contributed by atoms with Gasteiger partial charge in [0.05, 0.1) is 18.1 Å². The van der Waals surface area contributed by atoms with Gasteiger partial charge in [-0.2, -0.15) is 13.2 Å². The summed E-state index contributed by atoms with van der Waals surface area (Å²) in [4.78, 5) is 14.8. The first-order valence-corrected chi connectivity index (χ1v) is 13.8. The van der Waals surface area contributed by atoms with Crippen molar-refractivity contribution in [2.75, 3.05) is 13.2 Å². The number of ether oxygens (including phenoxy) is 2. The zero-order chi connectivity index (χ0) is 26.2. The highest BCUT2D eigenvalue weighted by Crippen LogP contribution is 2.60. The van der Waals surface area contributed by atoms with E-state index in [1.165, 1.54) is 16.5 Å². The molecule has 1 aromatic heterocycles. The lowest BCUT2D eigenvalue weighted by atomic mass is 9.95. The summed E-state index contributed by atoms with van der Waals surface area (Å²) in [5, 5.41) is 11.5. The second-order valence-corrected chi connectivity index (χ2v) is 11.8. The quantitative estimate of drug-likeness (QED) is 0.422. The van der Waals surface area contributed by atoms with Crippen LogP contribution in [-0.2, 0) is 42.3 Å². The summed E-state index contributed by atoms with van der Waals surface area (Å²) < 4.78 is 54.4. The van der Waals surface area contributed by atoms with Gasteiger partial charge in [0.15, 0.2) is 0 Å². The molecule has 1 N–H and O–H groups in total. The van der Waals surface area contributed by atoms with Gasteiger partial charge in [-0.1, -0.05) is 12.1 Å². The van der Waals surface area contributed by atoms with Gasteiger partial charge in [-0.05, 0) is 71.5 Å². The van der Waals surface area contributed by atoms with Gasteiger partial charge in [-0.15, -0.1) is 11.3 Å². The Morgan fingerprint density at radius 2 is 2.08 bits per heavy atom. The molecule has 198 valence electrons. The molecule has 1 spiro atoms. The molecule has 2 aromatic carbocycles. The third-order valence-electron chi connectivity index (χ3n) is 8.69. The molecule has 0 bridgehead atoms. The highest BCUT2D eigenvalue weighted by atomic mass is 32.1. The van der Waals surface area contributed by atoms with Gasteiger partial charge in [0.1, 0.15) is 17.6 Å². The van der Waals surface area contributed by atoms with E-state index >= 15 is 0 Å². The molecule has 38 heavy (non-hydrogen) atoms. The SMILES string of the molecule is O=C(O)[C@H]1CC12COc1cc(O[C@@H]3CCc4c3ccc(C(F)(F)F)c4CN3CCc4ccsc4C3)ccc12. The molecule has 0 radical (unpaired) electrons. The van der Waals surface area contributed by atoms with Crippen molar-refractivity contribution in [3.8, 4) is 11.5 Å². The van der Waals surface area contributed by atoms with E-state index in [1.54, 1.807) is 23.5 Å². The van der Waals surface area contributed by atoms with Gasteiger partial charge >= 0.3 is 12.1 Å². The number of carbonyl (C=O) groups is 1. The topological polar surface area (TPSA) is 59.0 Å². The third-order valence-corrected chi connectivity index (χ3v) is 9.63. The number of fused-ring (bicyclic) bond motifs is 4. The third kappa shape index (κ3) is 3.81. The van der Waals surface area contributed by atoms with Crippen LogP contribution in [0.1, 0.15) is 57.2 Å². The van der Waals surface area contributed by atoms with Crippen molar-refractivity contribution in [3.05, 3.63) is 80.0 Å². The first-order chi connectivity index (χ1) is 18.2. The molecule has 0 amide bonds. The Hall–Kier alpha value is -3.04. The van der Waals surface area contributed by atoms with E-state index in [0.717, 1.165) is 29.7 Å². The van der Waals surface area contributed by atoms with Crippen molar-refractivity contribution in [2.24, 2.45) is 5.92 Å². The maximum atomic E-state index is 14.1. The average Bonchev–Trinajstić information content (AvgIpc) is 3.14. The van der Waals surface area contributed by atoms with Gasteiger partial charge in [0.2, 0.25) is 0 Å². The molecule has 1 fully saturated rings. The number of carboxylic acids is 1. The molecular formula is C29H26F3NO4S. The number of thiophene rings is 1. The molecule has 3 aromatic rings. The molecule has 5 nitrogen and oxygen atoms in total. The van der Waals surface area contributed by atoms with Gasteiger partial charge in [0.25, 0.3) is 0 Å². The van der Waals surface area contributed by atoms with Crippen LogP contribution in [0, 0.1) is 5.92 Å². The van der Waals surface area contributed by atoms with Crippen LogP contribution in [0.2, 0.25) is 0 Å². The fourth-order valence-electron chi connectivity index (χ4n) is 6.60. The Morgan fingerprint density at radius 3 is 2.87 bits per heavy atom.